The van der Waals surface area contributed by atoms with Crippen LogP contribution in [-0.4, -0.2) is 21.0 Å². The molecule has 9 heteroatoms. The maximum atomic E-state index is 10.9. The Hall–Kier alpha value is -2.00. The molecule has 0 aliphatic rings. The first kappa shape index (κ1) is 15.4. The lowest BCUT2D eigenvalue weighted by molar-refractivity contribution is -0.385. The summed E-state index contributed by atoms with van der Waals surface area (Å²) in [5.41, 5.74) is -0.140. The third-order valence-corrected chi connectivity index (χ3v) is 3.61. The smallest absolute Gasteiger partial charge is 0.335 e. The molecule has 0 saturated heterocycles. The van der Waals surface area contributed by atoms with Crippen LogP contribution in [0.2, 0.25) is 0 Å². The van der Waals surface area contributed by atoms with Crippen LogP contribution in [0.1, 0.15) is 10.4 Å². The molecule has 0 aliphatic carbocycles. The van der Waals surface area contributed by atoms with E-state index in [-0.39, 0.29) is 27.4 Å². The van der Waals surface area contributed by atoms with Crippen molar-refractivity contribution in [3.8, 4) is 11.6 Å². The standard InChI is InChI=1S/C12H6Br2N2O5/c13-8-2-1-6(12(17)18)3-10(8)21-11-9(14)4-7(5-15-11)16(19)20/h1-5H,(H,17,18). The summed E-state index contributed by atoms with van der Waals surface area (Å²) in [6, 6.07) is 5.51. The number of ether oxygens (including phenoxy) is 1. The number of carboxylic acid groups (broad SMARTS) is 1. The molecule has 0 amide bonds. The van der Waals surface area contributed by atoms with Crippen LogP contribution in [0, 0.1) is 10.1 Å². The van der Waals surface area contributed by atoms with E-state index in [0.29, 0.717) is 4.47 Å². The molecule has 0 spiro atoms. The van der Waals surface area contributed by atoms with E-state index in [4.69, 9.17) is 9.84 Å². The second-order valence-corrected chi connectivity index (χ2v) is 5.50. The maximum absolute atomic E-state index is 10.9. The first-order chi connectivity index (χ1) is 9.88. The van der Waals surface area contributed by atoms with Crippen molar-refractivity contribution in [2.24, 2.45) is 0 Å². The number of rotatable bonds is 4. The first-order valence-electron chi connectivity index (χ1n) is 5.39. The van der Waals surface area contributed by atoms with E-state index in [1.807, 2.05) is 0 Å². The third kappa shape index (κ3) is 3.56. The highest BCUT2D eigenvalue weighted by Gasteiger charge is 2.14. The number of nitro groups is 1. The molecule has 0 aliphatic heterocycles. The van der Waals surface area contributed by atoms with Gasteiger partial charge in [-0.1, -0.05) is 0 Å². The van der Waals surface area contributed by atoms with Gasteiger partial charge >= 0.3 is 5.97 Å². The van der Waals surface area contributed by atoms with E-state index in [1.165, 1.54) is 24.3 Å². The minimum absolute atomic E-state index is 0.0474. The van der Waals surface area contributed by atoms with Gasteiger partial charge in [-0.3, -0.25) is 10.1 Å². The summed E-state index contributed by atoms with van der Waals surface area (Å²) in [6.45, 7) is 0. The largest absolute Gasteiger partial charge is 0.478 e. The normalized spacial score (nSPS) is 10.2. The Balaban J connectivity index is 2.36. The van der Waals surface area contributed by atoms with Gasteiger partial charge in [0, 0.05) is 6.07 Å². The Morgan fingerprint density at radius 3 is 2.57 bits per heavy atom. The number of pyridine rings is 1. The molecule has 0 atom stereocenters. The summed E-state index contributed by atoms with van der Waals surface area (Å²) < 4.78 is 6.28. The molecule has 108 valence electrons. The number of halogens is 2. The van der Waals surface area contributed by atoms with Crippen LogP contribution in [0.3, 0.4) is 0 Å². The Morgan fingerprint density at radius 1 is 1.29 bits per heavy atom. The van der Waals surface area contributed by atoms with Crippen molar-refractivity contribution in [3.63, 3.8) is 0 Å². The zero-order chi connectivity index (χ0) is 15.6. The van der Waals surface area contributed by atoms with Gasteiger partial charge in [-0.15, -0.1) is 0 Å². The fourth-order valence-electron chi connectivity index (χ4n) is 1.41. The summed E-state index contributed by atoms with van der Waals surface area (Å²) in [5, 5.41) is 19.6. The number of nitrogens with zero attached hydrogens (tertiary/aromatic N) is 2. The number of carbonyl (C=O) groups is 1. The number of aromatic carboxylic acids is 1. The topological polar surface area (TPSA) is 103 Å². The van der Waals surface area contributed by atoms with Gasteiger partial charge in [-0.25, -0.2) is 9.78 Å². The molecule has 0 unspecified atom stereocenters. The molecule has 0 fully saturated rings. The van der Waals surface area contributed by atoms with Gasteiger partial charge in [-0.2, -0.15) is 0 Å². The summed E-state index contributed by atoms with van der Waals surface area (Å²) in [4.78, 5) is 24.8. The van der Waals surface area contributed by atoms with E-state index >= 15 is 0 Å². The highest BCUT2D eigenvalue weighted by molar-refractivity contribution is 9.11. The average Bonchev–Trinajstić information content (AvgIpc) is 2.42. The summed E-state index contributed by atoms with van der Waals surface area (Å²) in [5.74, 6) is -0.774. The lowest BCUT2D eigenvalue weighted by atomic mass is 10.2. The number of hydrogen-bond acceptors (Lipinski definition) is 5. The highest BCUT2D eigenvalue weighted by atomic mass is 79.9. The number of benzene rings is 1. The second-order valence-electron chi connectivity index (χ2n) is 3.79. The van der Waals surface area contributed by atoms with Crippen molar-refractivity contribution in [1.82, 2.24) is 4.98 Å². The van der Waals surface area contributed by atoms with Gasteiger partial charge in [-0.05, 0) is 50.1 Å². The molecule has 1 aromatic heterocycles. The zero-order valence-electron chi connectivity index (χ0n) is 10.1. The lowest BCUT2D eigenvalue weighted by Crippen LogP contribution is -1.98. The molecular formula is C12H6Br2N2O5. The van der Waals surface area contributed by atoms with Crippen molar-refractivity contribution < 1.29 is 19.6 Å². The average molecular weight is 418 g/mol. The van der Waals surface area contributed by atoms with Crippen LogP contribution < -0.4 is 4.74 Å². The van der Waals surface area contributed by atoms with Crippen LogP contribution >= 0.6 is 31.9 Å². The molecule has 0 radical (unpaired) electrons. The fourth-order valence-corrected chi connectivity index (χ4v) is 2.15. The van der Waals surface area contributed by atoms with Gasteiger partial charge in [0.15, 0.2) is 0 Å². The Morgan fingerprint density at radius 2 is 2.00 bits per heavy atom. The Labute approximate surface area is 135 Å². The van der Waals surface area contributed by atoms with Crippen LogP contribution in [0.25, 0.3) is 0 Å². The van der Waals surface area contributed by atoms with E-state index in [9.17, 15) is 14.9 Å². The van der Waals surface area contributed by atoms with Gasteiger partial charge in [0.1, 0.15) is 11.9 Å². The maximum Gasteiger partial charge on any atom is 0.335 e. The molecule has 0 saturated carbocycles. The highest BCUT2D eigenvalue weighted by Crippen LogP contribution is 2.34. The van der Waals surface area contributed by atoms with Gasteiger partial charge < -0.3 is 9.84 Å². The Kier molecular flexibility index (Phi) is 4.53. The quantitative estimate of drug-likeness (QED) is 0.595. The molecule has 2 rings (SSSR count). The molecule has 1 aromatic carbocycles. The van der Waals surface area contributed by atoms with Crippen molar-refractivity contribution in [1.29, 1.82) is 0 Å². The van der Waals surface area contributed by atoms with Crippen molar-refractivity contribution in [3.05, 3.63) is 55.1 Å². The van der Waals surface area contributed by atoms with E-state index in [2.05, 4.69) is 36.8 Å². The van der Waals surface area contributed by atoms with Crippen molar-refractivity contribution in [2.45, 2.75) is 0 Å². The summed E-state index contributed by atoms with van der Waals surface area (Å²) >= 11 is 6.35. The minimum atomic E-state index is -1.09. The number of carboxylic acids is 1. The molecule has 7 nitrogen and oxygen atoms in total. The SMILES string of the molecule is O=C(O)c1ccc(Br)c(Oc2ncc([N+](=O)[O-])cc2Br)c1. The molecule has 21 heavy (non-hydrogen) atoms. The van der Waals surface area contributed by atoms with Crippen LogP contribution in [0.5, 0.6) is 11.6 Å². The van der Waals surface area contributed by atoms with E-state index in [1.54, 1.807) is 0 Å². The number of aromatic nitrogens is 1. The zero-order valence-corrected chi connectivity index (χ0v) is 13.3. The van der Waals surface area contributed by atoms with Gasteiger partial charge in [0.2, 0.25) is 5.88 Å². The van der Waals surface area contributed by atoms with Crippen LogP contribution in [0.4, 0.5) is 5.69 Å². The van der Waals surface area contributed by atoms with E-state index in [0.717, 1.165) is 6.20 Å². The lowest BCUT2D eigenvalue weighted by Gasteiger charge is -2.09. The van der Waals surface area contributed by atoms with E-state index < -0.39 is 10.9 Å². The molecular weight excluding hydrogens is 412 g/mol. The third-order valence-electron chi connectivity index (χ3n) is 2.39. The Bertz CT molecular complexity index is 736. The summed E-state index contributed by atoms with van der Waals surface area (Å²) in [6.07, 6.45) is 1.05. The molecule has 1 N–H and O–H groups in total. The minimum Gasteiger partial charge on any atom is -0.478 e. The fraction of sp³-hybridized carbons (Fsp3) is 0. The first-order valence-corrected chi connectivity index (χ1v) is 6.97. The van der Waals surface area contributed by atoms with Gasteiger partial charge in [0.25, 0.3) is 5.69 Å². The van der Waals surface area contributed by atoms with Crippen molar-refractivity contribution >= 4 is 43.5 Å². The predicted molar refractivity (Wildman–Crippen MR) is 79.8 cm³/mol. The second kappa shape index (κ2) is 6.19. The van der Waals surface area contributed by atoms with Crippen LogP contribution in [0.15, 0.2) is 39.4 Å². The molecule has 2 aromatic rings. The predicted octanol–water partition coefficient (Wildman–Crippen LogP) is 4.01. The number of hydrogen-bond donors (Lipinski definition) is 1. The van der Waals surface area contributed by atoms with Crippen molar-refractivity contribution in [2.75, 3.05) is 0 Å². The van der Waals surface area contributed by atoms with Crippen LogP contribution in [-0.2, 0) is 0 Å². The molecule has 1 heterocycles. The monoisotopic (exact) mass is 416 g/mol. The molecule has 0 bridgehead atoms. The summed E-state index contributed by atoms with van der Waals surface area (Å²) in [7, 11) is 0. The van der Waals surface area contributed by atoms with Gasteiger partial charge in [0.05, 0.1) is 19.4 Å².